The van der Waals surface area contributed by atoms with Crippen molar-refractivity contribution in [2.45, 2.75) is 50.2 Å². The number of thioether (sulfide) groups is 1. The number of para-hydroxylation sites is 2. The van der Waals surface area contributed by atoms with Gasteiger partial charge in [-0.3, -0.25) is 19.3 Å². The number of amides is 3. The van der Waals surface area contributed by atoms with Crippen LogP contribution in [0.4, 0.5) is 4.79 Å². The zero-order valence-electron chi connectivity index (χ0n) is 19.4. The lowest BCUT2D eigenvalue weighted by atomic mass is 9.96. The number of urea groups is 1. The number of nitrogens with one attached hydrogen (secondary N) is 2. The lowest BCUT2D eigenvalue weighted by Crippen LogP contribution is -2.45. The van der Waals surface area contributed by atoms with E-state index in [9.17, 15) is 14.4 Å². The van der Waals surface area contributed by atoms with E-state index in [1.54, 1.807) is 15.0 Å². The molecule has 10 heteroatoms. The topological polar surface area (TPSA) is 110 Å². The van der Waals surface area contributed by atoms with Crippen LogP contribution in [0.2, 0.25) is 0 Å². The summed E-state index contributed by atoms with van der Waals surface area (Å²) in [6.07, 6.45) is 5.26. The minimum atomic E-state index is -0.465. The number of aromatic nitrogens is 4. The number of imide groups is 1. The number of hydrogen-bond donors (Lipinski definition) is 2. The first-order valence-corrected chi connectivity index (χ1v) is 12.7. The number of aryl methyl sites for hydroxylation is 1. The van der Waals surface area contributed by atoms with E-state index in [1.165, 1.54) is 6.42 Å². The molecule has 0 radical (unpaired) electrons. The number of nitrogens with zero attached hydrogens (tertiary/aromatic N) is 4. The van der Waals surface area contributed by atoms with E-state index < -0.39 is 11.9 Å². The maximum absolute atomic E-state index is 13.4. The Morgan fingerprint density at radius 2 is 1.77 bits per heavy atom. The van der Waals surface area contributed by atoms with Crippen molar-refractivity contribution < 1.29 is 9.59 Å². The van der Waals surface area contributed by atoms with E-state index in [2.05, 4.69) is 20.8 Å². The van der Waals surface area contributed by atoms with Crippen molar-refractivity contribution in [1.29, 1.82) is 0 Å². The van der Waals surface area contributed by atoms with Gasteiger partial charge in [-0.2, -0.15) is 0 Å². The first kappa shape index (κ1) is 23.1. The Kier molecular flexibility index (Phi) is 6.54. The summed E-state index contributed by atoms with van der Waals surface area (Å²) in [5.74, 6) is -0.0750. The first-order valence-electron chi connectivity index (χ1n) is 11.7. The normalized spacial score (nSPS) is 14.3. The second-order valence-electron chi connectivity index (χ2n) is 8.71. The van der Waals surface area contributed by atoms with Crippen LogP contribution in [0.1, 0.15) is 37.7 Å². The monoisotopic (exact) mass is 490 g/mol. The van der Waals surface area contributed by atoms with E-state index in [1.807, 2.05) is 49.4 Å². The van der Waals surface area contributed by atoms with E-state index in [0.717, 1.165) is 43.0 Å². The van der Waals surface area contributed by atoms with Gasteiger partial charge in [-0.1, -0.05) is 61.4 Å². The number of benzene rings is 2. The largest absolute Gasteiger partial charge is 0.335 e. The fourth-order valence-corrected chi connectivity index (χ4v) is 5.30. The highest BCUT2D eigenvalue weighted by atomic mass is 32.2. The van der Waals surface area contributed by atoms with E-state index in [-0.39, 0.29) is 17.4 Å². The Hall–Kier alpha value is -3.66. The molecule has 4 aromatic rings. The molecule has 0 bridgehead atoms. The highest BCUT2D eigenvalue weighted by molar-refractivity contribution is 7.99. The predicted octanol–water partition coefficient (Wildman–Crippen LogP) is 3.59. The Labute approximate surface area is 205 Å². The van der Waals surface area contributed by atoms with Gasteiger partial charge in [-0.25, -0.2) is 9.36 Å². The van der Waals surface area contributed by atoms with Crippen molar-refractivity contribution in [2.24, 2.45) is 0 Å². The lowest BCUT2D eigenvalue weighted by molar-refractivity contribution is -0.117. The van der Waals surface area contributed by atoms with Gasteiger partial charge >= 0.3 is 6.03 Å². The molecular weight excluding hydrogens is 464 g/mol. The van der Waals surface area contributed by atoms with Crippen LogP contribution in [-0.2, 0) is 4.79 Å². The molecule has 0 atom stereocenters. The van der Waals surface area contributed by atoms with Gasteiger partial charge in [0.15, 0.2) is 5.16 Å². The smallest absolute Gasteiger partial charge is 0.321 e. The third-order valence-corrected chi connectivity index (χ3v) is 7.21. The van der Waals surface area contributed by atoms with Crippen LogP contribution in [0.3, 0.4) is 0 Å². The summed E-state index contributed by atoms with van der Waals surface area (Å²) in [6.45, 7) is 1.93. The molecule has 2 aromatic carbocycles. The second-order valence-corrected chi connectivity index (χ2v) is 9.65. The molecule has 0 saturated heterocycles. The van der Waals surface area contributed by atoms with Crippen molar-refractivity contribution in [3.05, 3.63) is 64.4 Å². The van der Waals surface area contributed by atoms with Crippen molar-refractivity contribution in [1.82, 2.24) is 29.8 Å². The molecule has 180 valence electrons. The third-order valence-electron chi connectivity index (χ3n) is 6.28. The van der Waals surface area contributed by atoms with Crippen molar-refractivity contribution >= 4 is 40.4 Å². The summed E-state index contributed by atoms with van der Waals surface area (Å²) < 4.78 is 3.33. The summed E-state index contributed by atoms with van der Waals surface area (Å²) in [5, 5.41) is 14.9. The molecular formula is C25H26N6O3S. The van der Waals surface area contributed by atoms with Gasteiger partial charge in [-0.05, 0) is 43.5 Å². The minimum absolute atomic E-state index is 0.0172. The Morgan fingerprint density at radius 3 is 2.57 bits per heavy atom. The minimum Gasteiger partial charge on any atom is -0.335 e. The van der Waals surface area contributed by atoms with Crippen LogP contribution in [0.5, 0.6) is 0 Å². The van der Waals surface area contributed by atoms with Crippen LogP contribution in [0.25, 0.3) is 22.4 Å². The summed E-state index contributed by atoms with van der Waals surface area (Å²) in [5.41, 5.74) is 2.10. The van der Waals surface area contributed by atoms with Crippen LogP contribution in [0.15, 0.2) is 58.5 Å². The number of hydrogen-bond acceptors (Lipinski definition) is 6. The van der Waals surface area contributed by atoms with Gasteiger partial charge in [-0.15, -0.1) is 10.2 Å². The zero-order valence-corrected chi connectivity index (χ0v) is 20.2. The van der Waals surface area contributed by atoms with Gasteiger partial charge in [0.05, 0.1) is 22.3 Å². The average molecular weight is 491 g/mol. The maximum Gasteiger partial charge on any atom is 0.321 e. The molecule has 2 aromatic heterocycles. The number of carbonyl (C=O) groups excluding carboxylic acids is 2. The van der Waals surface area contributed by atoms with Gasteiger partial charge < -0.3 is 5.32 Å². The van der Waals surface area contributed by atoms with Crippen LogP contribution in [-0.4, -0.2) is 42.9 Å². The molecule has 1 saturated carbocycles. The predicted molar refractivity (Wildman–Crippen MR) is 135 cm³/mol. The van der Waals surface area contributed by atoms with Gasteiger partial charge in [0.25, 0.3) is 5.56 Å². The Morgan fingerprint density at radius 1 is 1.03 bits per heavy atom. The molecule has 1 fully saturated rings. The van der Waals surface area contributed by atoms with E-state index >= 15 is 0 Å². The third kappa shape index (κ3) is 4.66. The number of rotatable bonds is 5. The molecule has 2 heterocycles. The fourth-order valence-electron chi connectivity index (χ4n) is 4.56. The van der Waals surface area contributed by atoms with Gasteiger partial charge in [0.1, 0.15) is 0 Å². The quantitative estimate of drug-likeness (QED) is 0.414. The summed E-state index contributed by atoms with van der Waals surface area (Å²) in [7, 11) is 0. The number of carbonyl (C=O) groups is 2. The maximum atomic E-state index is 13.4. The SMILES string of the molecule is Cc1ccccc1-n1c(=O)c2ccccc2n2c(SCC(=O)NC(=O)NC3CCCCC3)nnc12. The molecule has 35 heavy (non-hydrogen) atoms. The molecule has 0 spiro atoms. The van der Waals surface area contributed by atoms with Crippen LogP contribution in [0, 0.1) is 6.92 Å². The second kappa shape index (κ2) is 9.91. The number of fused-ring (bicyclic) bond motifs is 3. The molecule has 9 nitrogen and oxygen atoms in total. The Balaban J connectivity index is 1.43. The summed E-state index contributed by atoms with van der Waals surface area (Å²) in [4.78, 5) is 38.1. The van der Waals surface area contributed by atoms with Crippen molar-refractivity contribution in [3.63, 3.8) is 0 Å². The van der Waals surface area contributed by atoms with Gasteiger partial charge in [0, 0.05) is 6.04 Å². The lowest BCUT2D eigenvalue weighted by Gasteiger charge is -2.22. The molecule has 0 aliphatic heterocycles. The molecule has 1 aliphatic carbocycles. The van der Waals surface area contributed by atoms with Crippen molar-refractivity contribution in [3.8, 4) is 5.69 Å². The molecule has 2 N–H and O–H groups in total. The molecule has 3 amide bonds. The zero-order chi connectivity index (χ0) is 24.4. The van der Waals surface area contributed by atoms with Crippen LogP contribution < -0.4 is 16.2 Å². The van der Waals surface area contributed by atoms with Gasteiger partial charge in [0.2, 0.25) is 11.7 Å². The molecule has 0 unspecified atom stereocenters. The fraction of sp³-hybridized carbons (Fsp3) is 0.320. The molecule has 1 aliphatic rings. The highest BCUT2D eigenvalue weighted by Crippen LogP contribution is 2.24. The highest BCUT2D eigenvalue weighted by Gasteiger charge is 2.20. The Bertz CT molecular complexity index is 1470. The van der Waals surface area contributed by atoms with Crippen LogP contribution >= 0.6 is 11.8 Å². The summed E-state index contributed by atoms with van der Waals surface area (Å²) >= 11 is 1.16. The van der Waals surface area contributed by atoms with E-state index in [0.29, 0.717) is 27.5 Å². The first-order chi connectivity index (χ1) is 17.0. The summed E-state index contributed by atoms with van der Waals surface area (Å²) in [6, 6.07) is 14.5. The standard InChI is InChI=1S/C25H26N6O3S/c1-16-9-5-7-13-19(16)30-22(33)18-12-6-8-14-20(18)31-24(30)28-29-25(31)35-15-21(32)27-23(34)26-17-10-3-2-4-11-17/h5-9,12-14,17H,2-4,10-11,15H2,1H3,(H2,26,27,32,34). The molecule has 5 rings (SSSR count). The van der Waals surface area contributed by atoms with E-state index in [4.69, 9.17) is 0 Å². The average Bonchev–Trinajstić information content (AvgIpc) is 3.28. The van der Waals surface area contributed by atoms with Crippen molar-refractivity contribution in [2.75, 3.05) is 5.75 Å².